The van der Waals surface area contributed by atoms with Crippen LogP contribution in [0.15, 0.2) is 64.7 Å². The predicted molar refractivity (Wildman–Crippen MR) is 171 cm³/mol. The zero-order valence-electron chi connectivity index (χ0n) is 24.3. The van der Waals surface area contributed by atoms with E-state index in [1.165, 1.54) is 0 Å². The molecule has 2 aliphatic heterocycles. The van der Waals surface area contributed by atoms with Crippen LogP contribution in [0.25, 0.3) is 0 Å². The lowest BCUT2D eigenvalue weighted by Gasteiger charge is -2.31. The minimum absolute atomic E-state index is 0.338. The van der Waals surface area contributed by atoms with Gasteiger partial charge in [0, 0.05) is 42.3 Å². The smallest absolute Gasteiger partial charge is 0.229 e. The Hall–Kier alpha value is -3.87. The predicted octanol–water partition coefficient (Wildman–Crippen LogP) is 4.55. The van der Waals surface area contributed by atoms with E-state index in [2.05, 4.69) is 42.8 Å². The first-order chi connectivity index (χ1) is 21.1. The van der Waals surface area contributed by atoms with Gasteiger partial charge in [0.25, 0.3) is 0 Å². The second-order valence-corrected chi connectivity index (χ2v) is 10.8. The van der Waals surface area contributed by atoms with Crippen molar-refractivity contribution in [2.75, 3.05) is 88.2 Å². The van der Waals surface area contributed by atoms with E-state index >= 15 is 0 Å². The largest absolute Gasteiger partial charge is 0.493 e. The van der Waals surface area contributed by atoms with Crippen molar-refractivity contribution < 1.29 is 23.7 Å². The van der Waals surface area contributed by atoms with E-state index in [1.54, 1.807) is 13.3 Å². The number of morpholine rings is 2. The van der Waals surface area contributed by atoms with E-state index in [1.807, 2.05) is 48.5 Å². The van der Waals surface area contributed by atoms with Crippen molar-refractivity contribution >= 4 is 39.7 Å². The lowest BCUT2D eigenvalue weighted by molar-refractivity contribution is 0.121. The van der Waals surface area contributed by atoms with Gasteiger partial charge in [-0.3, -0.25) is 5.43 Å². The lowest BCUT2D eigenvalue weighted by Crippen LogP contribution is -2.39. The number of halogens is 1. The van der Waals surface area contributed by atoms with Crippen molar-refractivity contribution in [1.82, 2.24) is 9.97 Å². The molecule has 11 nitrogen and oxygen atoms in total. The number of nitrogens with zero attached hydrogens (tertiary/aromatic N) is 5. The van der Waals surface area contributed by atoms with Gasteiger partial charge in [0.2, 0.25) is 5.95 Å². The summed E-state index contributed by atoms with van der Waals surface area (Å²) in [5, 5.41) is 4.50. The van der Waals surface area contributed by atoms with Crippen LogP contribution in [-0.4, -0.2) is 89.1 Å². The highest BCUT2D eigenvalue weighted by atomic mass is 79.9. The maximum atomic E-state index is 6.07. The van der Waals surface area contributed by atoms with Crippen LogP contribution in [0.5, 0.6) is 17.2 Å². The lowest BCUT2D eigenvalue weighted by atomic mass is 10.1. The van der Waals surface area contributed by atoms with E-state index < -0.39 is 0 Å². The molecule has 2 saturated heterocycles. The number of hydrogen-bond acceptors (Lipinski definition) is 11. The molecule has 0 amide bonds. The van der Waals surface area contributed by atoms with Crippen LogP contribution in [0.4, 0.5) is 17.6 Å². The van der Waals surface area contributed by atoms with Crippen LogP contribution < -0.4 is 29.4 Å². The second-order valence-electron chi connectivity index (χ2n) is 9.84. The fraction of sp³-hybridized carbons (Fsp3) is 0.387. The van der Waals surface area contributed by atoms with Gasteiger partial charge in [-0.1, -0.05) is 28.1 Å². The number of anilines is 3. The van der Waals surface area contributed by atoms with Crippen molar-refractivity contribution in [2.24, 2.45) is 5.10 Å². The Kier molecular flexibility index (Phi) is 11.1. The van der Waals surface area contributed by atoms with Gasteiger partial charge in [-0.2, -0.15) is 15.1 Å². The Morgan fingerprint density at radius 3 is 2.33 bits per heavy atom. The number of ether oxygens (including phenoxy) is 5. The average molecular weight is 654 g/mol. The maximum absolute atomic E-state index is 6.07. The Morgan fingerprint density at radius 2 is 1.60 bits per heavy atom. The number of hydrogen-bond donors (Lipinski definition) is 1. The Bertz CT molecular complexity index is 1360. The van der Waals surface area contributed by atoms with Crippen LogP contribution in [0.1, 0.15) is 11.1 Å². The summed E-state index contributed by atoms with van der Waals surface area (Å²) in [6, 6.07) is 13.6. The first kappa shape index (κ1) is 30.6. The van der Waals surface area contributed by atoms with E-state index in [0.717, 1.165) is 54.0 Å². The molecule has 3 aromatic rings. The van der Waals surface area contributed by atoms with Gasteiger partial charge >= 0.3 is 0 Å². The van der Waals surface area contributed by atoms with Gasteiger partial charge in [-0.05, 0) is 42.3 Å². The quantitative estimate of drug-likeness (QED) is 0.122. The standard InChI is InChI=1S/C31H37BrN6O5/c1-3-4-23-5-7-27(28(19-23)39-2)43-18-17-42-26-8-6-25(32)20-24(26)22-33-36-29-21-30(37-9-13-40-14-10-37)35-31(34-29)38-11-15-41-16-12-38/h3,5-8,19-22H,1,4,9-18H2,2H3,(H,34,35,36)/b33-22+. The van der Waals surface area contributed by atoms with Crippen LogP contribution >= 0.6 is 15.9 Å². The summed E-state index contributed by atoms with van der Waals surface area (Å²) >= 11 is 3.55. The van der Waals surface area contributed by atoms with Crippen LogP contribution in [0.3, 0.4) is 0 Å². The number of hydrazone groups is 1. The van der Waals surface area contributed by atoms with Crippen molar-refractivity contribution in [2.45, 2.75) is 6.42 Å². The molecule has 0 bridgehead atoms. The molecule has 2 aromatic carbocycles. The maximum Gasteiger partial charge on any atom is 0.229 e. The summed E-state index contributed by atoms with van der Waals surface area (Å²) in [5.74, 6) is 4.13. The summed E-state index contributed by atoms with van der Waals surface area (Å²) in [6.07, 6.45) is 4.34. The topological polar surface area (TPSA) is 103 Å². The fourth-order valence-electron chi connectivity index (χ4n) is 4.69. The third kappa shape index (κ3) is 8.59. The van der Waals surface area contributed by atoms with Gasteiger partial charge < -0.3 is 33.5 Å². The number of rotatable bonds is 13. The van der Waals surface area contributed by atoms with Crippen molar-refractivity contribution in [1.29, 1.82) is 0 Å². The molecule has 1 aromatic heterocycles. The number of allylic oxidation sites excluding steroid dienone is 1. The van der Waals surface area contributed by atoms with Crippen LogP contribution in [-0.2, 0) is 15.9 Å². The summed E-state index contributed by atoms with van der Waals surface area (Å²) in [6.45, 7) is 10.2. The second kappa shape index (κ2) is 15.6. The SMILES string of the molecule is C=CCc1ccc(OCCOc2ccc(Br)cc2/C=N/Nc2cc(N3CCOCC3)nc(N3CCOCC3)n2)c(OC)c1. The molecule has 12 heteroatoms. The minimum atomic E-state index is 0.338. The highest BCUT2D eigenvalue weighted by Gasteiger charge is 2.19. The third-order valence-electron chi connectivity index (χ3n) is 6.89. The monoisotopic (exact) mass is 652 g/mol. The summed E-state index contributed by atoms with van der Waals surface area (Å²) in [4.78, 5) is 13.9. The molecule has 2 aliphatic rings. The molecule has 1 N–H and O–H groups in total. The molecule has 0 atom stereocenters. The number of benzene rings is 2. The zero-order chi connectivity index (χ0) is 29.9. The molecule has 3 heterocycles. The molecule has 0 radical (unpaired) electrons. The summed E-state index contributed by atoms with van der Waals surface area (Å²) in [7, 11) is 1.63. The molecule has 2 fully saturated rings. The highest BCUT2D eigenvalue weighted by Crippen LogP contribution is 2.29. The van der Waals surface area contributed by atoms with Crippen molar-refractivity contribution in [3.63, 3.8) is 0 Å². The number of aromatic nitrogens is 2. The Morgan fingerprint density at radius 1 is 0.907 bits per heavy atom. The molecule has 0 aliphatic carbocycles. The molecular weight excluding hydrogens is 616 g/mol. The Balaban J connectivity index is 1.24. The summed E-state index contributed by atoms with van der Waals surface area (Å²) in [5.41, 5.74) is 5.01. The van der Waals surface area contributed by atoms with E-state index in [9.17, 15) is 0 Å². The van der Waals surface area contributed by atoms with Crippen LogP contribution in [0.2, 0.25) is 0 Å². The van der Waals surface area contributed by atoms with Crippen LogP contribution in [0, 0.1) is 0 Å². The first-order valence-corrected chi connectivity index (χ1v) is 15.1. The van der Waals surface area contributed by atoms with Gasteiger partial charge in [0.15, 0.2) is 17.3 Å². The van der Waals surface area contributed by atoms with Gasteiger partial charge in [0.1, 0.15) is 24.8 Å². The average Bonchev–Trinajstić information content (AvgIpc) is 3.05. The van der Waals surface area contributed by atoms with Gasteiger partial charge in [-0.25, -0.2) is 0 Å². The van der Waals surface area contributed by atoms with Gasteiger partial charge in [0.05, 0.1) is 39.8 Å². The van der Waals surface area contributed by atoms with E-state index in [0.29, 0.717) is 68.7 Å². The third-order valence-corrected chi connectivity index (χ3v) is 7.38. The molecule has 43 heavy (non-hydrogen) atoms. The molecule has 0 saturated carbocycles. The normalized spacial score (nSPS) is 15.4. The highest BCUT2D eigenvalue weighted by molar-refractivity contribution is 9.10. The molecule has 0 unspecified atom stereocenters. The Labute approximate surface area is 260 Å². The van der Waals surface area contributed by atoms with E-state index in [-0.39, 0.29) is 0 Å². The van der Waals surface area contributed by atoms with Crippen molar-refractivity contribution in [3.8, 4) is 17.2 Å². The minimum Gasteiger partial charge on any atom is -0.493 e. The molecule has 5 rings (SSSR count). The van der Waals surface area contributed by atoms with Crippen molar-refractivity contribution in [3.05, 3.63) is 70.7 Å². The summed E-state index contributed by atoms with van der Waals surface area (Å²) < 4.78 is 29.5. The fourth-order valence-corrected chi connectivity index (χ4v) is 5.07. The number of nitrogens with one attached hydrogen (secondary N) is 1. The zero-order valence-corrected chi connectivity index (χ0v) is 25.9. The first-order valence-electron chi connectivity index (χ1n) is 14.3. The van der Waals surface area contributed by atoms with E-state index in [4.69, 9.17) is 33.7 Å². The molecule has 228 valence electrons. The number of methoxy groups -OCH3 is 1. The van der Waals surface area contributed by atoms with Gasteiger partial charge in [-0.15, -0.1) is 6.58 Å². The molecular formula is C31H37BrN6O5. The molecule has 0 spiro atoms.